The first-order valence-electron chi connectivity index (χ1n) is 20.7. The maximum Gasteiger partial charge on any atom is 0.247 e. The predicted octanol–water partition coefficient (Wildman–Crippen LogP) is -0.328. The van der Waals surface area contributed by atoms with E-state index in [0.717, 1.165) is 31.4 Å². The predicted molar refractivity (Wildman–Crippen MR) is 226 cm³/mol. The van der Waals surface area contributed by atoms with Gasteiger partial charge in [0.25, 0.3) is 0 Å². The molecule has 0 aliphatic carbocycles. The van der Waals surface area contributed by atoms with Crippen LogP contribution in [0.15, 0.2) is 12.4 Å². The fraction of sp³-hybridized carbons (Fsp3) is 0.711. The molecule has 0 unspecified atom stereocenters. The largest absolute Gasteiger partial charge is 0.396 e. The molecule has 5 heterocycles. The Morgan fingerprint density at radius 2 is 1.47 bits per heavy atom. The fourth-order valence-corrected chi connectivity index (χ4v) is 6.73. The van der Waals surface area contributed by atoms with E-state index in [9.17, 15) is 14.7 Å². The maximum atomic E-state index is 14.1. The number of terminal acetylenes is 1. The number of hydrogen-bond acceptors (Lipinski definition) is 17. The Morgan fingerprint density at radius 1 is 0.850 bits per heavy atom. The molecule has 2 aliphatic rings. The minimum atomic E-state index is -0.450. The van der Waals surface area contributed by atoms with Crippen LogP contribution >= 0.6 is 12.4 Å². The number of carbonyl (C=O) groups excluding carboxylic acids is 2. The van der Waals surface area contributed by atoms with Crippen molar-refractivity contribution < 1.29 is 28.9 Å². The molecule has 2 atom stereocenters. The average molecular weight is 860 g/mol. The number of aromatic nitrogens is 9. The van der Waals surface area contributed by atoms with Crippen molar-refractivity contribution in [3.63, 3.8) is 0 Å². The summed E-state index contributed by atoms with van der Waals surface area (Å²) >= 11 is 0. The quantitative estimate of drug-likeness (QED) is 0.0731. The SMILES string of the molecule is C#CCOCCOCCOCCNc1nc(N2CCN(C(=O)Cn3cc(CCO)nn3)CC2)nc(N2CCN(C(=O)[C@H]([C@@H](C)CC)n3cc(CCCCN)nn3)CC2)n1.Cl. The van der Waals surface area contributed by atoms with Gasteiger partial charge in [0.05, 0.1) is 44.4 Å². The molecule has 332 valence electrons. The highest BCUT2D eigenvalue weighted by Gasteiger charge is 2.34. The topological polar surface area (TPSA) is 233 Å². The second-order valence-electron chi connectivity index (χ2n) is 14.5. The van der Waals surface area contributed by atoms with Crippen molar-refractivity contribution in [3.05, 3.63) is 23.8 Å². The van der Waals surface area contributed by atoms with Crippen LogP contribution in [0.25, 0.3) is 0 Å². The molecular formula is C38H62ClN15O6. The molecule has 0 bridgehead atoms. The van der Waals surface area contributed by atoms with E-state index in [2.05, 4.69) is 55.5 Å². The lowest BCUT2D eigenvalue weighted by Gasteiger charge is -2.38. The van der Waals surface area contributed by atoms with E-state index in [-0.39, 0.29) is 49.9 Å². The average Bonchev–Trinajstić information content (AvgIpc) is 3.92. The molecule has 0 aromatic carbocycles. The van der Waals surface area contributed by atoms with Crippen molar-refractivity contribution >= 4 is 42.1 Å². The van der Waals surface area contributed by atoms with Gasteiger partial charge in [-0.15, -0.1) is 29.0 Å². The number of nitrogens with zero attached hydrogens (tertiary/aromatic N) is 13. The number of unbranched alkanes of at least 4 members (excludes halogenated alkanes) is 1. The summed E-state index contributed by atoms with van der Waals surface area (Å²) in [6.45, 7) is 11.7. The van der Waals surface area contributed by atoms with Crippen LogP contribution in [0, 0.1) is 18.3 Å². The summed E-state index contributed by atoms with van der Waals surface area (Å²) in [6.07, 6.45) is 12.6. The molecule has 3 aromatic rings. The molecule has 2 saturated heterocycles. The lowest BCUT2D eigenvalue weighted by atomic mass is 9.97. The van der Waals surface area contributed by atoms with Gasteiger partial charge >= 0.3 is 0 Å². The second kappa shape index (κ2) is 25.8. The molecule has 21 nitrogen and oxygen atoms in total. The molecular weight excluding hydrogens is 798 g/mol. The Balaban J connectivity index is 0.00000794. The van der Waals surface area contributed by atoms with Crippen molar-refractivity contribution in [2.24, 2.45) is 11.7 Å². The van der Waals surface area contributed by atoms with E-state index in [1.54, 1.807) is 15.8 Å². The molecule has 2 amide bonds. The Bertz CT molecular complexity index is 1760. The number of anilines is 3. The van der Waals surface area contributed by atoms with Crippen LogP contribution in [0.3, 0.4) is 0 Å². The summed E-state index contributed by atoms with van der Waals surface area (Å²) < 4.78 is 19.7. The molecule has 3 aromatic heterocycles. The summed E-state index contributed by atoms with van der Waals surface area (Å²) in [5, 5.41) is 29.2. The van der Waals surface area contributed by atoms with Crippen LogP contribution in [-0.4, -0.2) is 183 Å². The number of rotatable bonds is 25. The molecule has 2 aliphatic heterocycles. The number of aryl methyl sites for hydroxylation is 1. The van der Waals surface area contributed by atoms with E-state index in [4.69, 9.17) is 41.3 Å². The first-order valence-corrected chi connectivity index (χ1v) is 20.7. The van der Waals surface area contributed by atoms with Gasteiger partial charge in [-0.25, -0.2) is 9.36 Å². The number of ether oxygens (including phenoxy) is 3. The smallest absolute Gasteiger partial charge is 0.247 e. The third-order valence-corrected chi connectivity index (χ3v) is 10.3. The summed E-state index contributed by atoms with van der Waals surface area (Å²) in [4.78, 5) is 49.5. The van der Waals surface area contributed by atoms with Crippen molar-refractivity contribution in [2.45, 2.75) is 58.5 Å². The van der Waals surface area contributed by atoms with Gasteiger partial charge in [0.1, 0.15) is 19.2 Å². The number of aliphatic hydroxyl groups excluding tert-OH is 1. The van der Waals surface area contributed by atoms with Crippen LogP contribution in [0.1, 0.15) is 50.5 Å². The molecule has 5 rings (SSSR count). The van der Waals surface area contributed by atoms with E-state index < -0.39 is 6.04 Å². The van der Waals surface area contributed by atoms with Gasteiger partial charge in [-0.3, -0.25) is 9.59 Å². The van der Waals surface area contributed by atoms with Crippen LogP contribution in [0.4, 0.5) is 17.8 Å². The van der Waals surface area contributed by atoms with E-state index >= 15 is 0 Å². The molecule has 22 heteroatoms. The third kappa shape index (κ3) is 14.5. The lowest BCUT2D eigenvalue weighted by molar-refractivity contribution is -0.137. The number of nitrogens with one attached hydrogen (secondary N) is 1. The molecule has 0 saturated carbocycles. The molecule has 2 fully saturated rings. The van der Waals surface area contributed by atoms with Crippen LogP contribution in [-0.2, 0) is 43.2 Å². The van der Waals surface area contributed by atoms with Crippen molar-refractivity contribution in [1.29, 1.82) is 0 Å². The summed E-state index contributed by atoms with van der Waals surface area (Å²) in [6, 6.07) is -0.450. The van der Waals surface area contributed by atoms with Gasteiger partial charge in [-0.2, -0.15) is 15.0 Å². The normalized spacial score (nSPS) is 15.4. The Kier molecular flexibility index (Phi) is 20.6. The number of carbonyl (C=O) groups is 2. The molecule has 0 spiro atoms. The van der Waals surface area contributed by atoms with Gasteiger partial charge in [0, 0.05) is 84.3 Å². The summed E-state index contributed by atoms with van der Waals surface area (Å²) in [5.74, 6) is 3.86. The maximum absolute atomic E-state index is 14.1. The fourth-order valence-electron chi connectivity index (χ4n) is 6.73. The standard InChI is InChI=1S/C38H61N15O6.ClH/c1-4-21-57-23-25-59-26-24-58-22-11-40-36-41-37(50-16-12-48(13-17-50)33(55)29-52-27-32(9-20-54)44-46-52)43-38(42-36)51-18-14-49(15-19-51)35(56)34(30(3)5-2)53-28-31(45-47-53)8-6-7-10-39;/h1,27-28,30,34,54H,5-26,29,39H2,2-3H3,(H,40,41,42,43);1H/t30-,34-;/m0./s1. The number of nitrogens with two attached hydrogens (primary N) is 1. The second-order valence-corrected chi connectivity index (χ2v) is 14.5. The van der Waals surface area contributed by atoms with Gasteiger partial charge < -0.3 is 50.0 Å². The number of hydrogen-bond donors (Lipinski definition) is 3. The number of piperazine rings is 2. The number of aliphatic hydroxyl groups is 1. The first kappa shape index (κ1) is 48.0. The first-order chi connectivity index (χ1) is 28.8. The molecule has 4 N–H and O–H groups in total. The number of amides is 2. The zero-order valence-corrected chi connectivity index (χ0v) is 35.8. The Labute approximate surface area is 358 Å². The highest BCUT2D eigenvalue weighted by atomic mass is 35.5. The van der Waals surface area contributed by atoms with Crippen LogP contribution < -0.4 is 20.9 Å². The van der Waals surface area contributed by atoms with Gasteiger partial charge in [-0.1, -0.05) is 36.6 Å². The van der Waals surface area contributed by atoms with E-state index in [0.29, 0.717) is 128 Å². The van der Waals surface area contributed by atoms with E-state index in [1.807, 2.05) is 11.1 Å². The third-order valence-electron chi connectivity index (χ3n) is 10.3. The zero-order chi connectivity index (χ0) is 41.8. The minimum Gasteiger partial charge on any atom is -0.396 e. The number of halogens is 1. The van der Waals surface area contributed by atoms with Crippen LogP contribution in [0.5, 0.6) is 0 Å². The minimum absolute atomic E-state index is 0. The molecule has 0 radical (unpaired) electrons. The highest BCUT2D eigenvalue weighted by molar-refractivity contribution is 5.85. The zero-order valence-electron chi connectivity index (χ0n) is 34.9. The lowest BCUT2D eigenvalue weighted by Crippen LogP contribution is -2.52. The Morgan fingerprint density at radius 3 is 2.10 bits per heavy atom. The van der Waals surface area contributed by atoms with Gasteiger partial charge in [0.2, 0.25) is 29.7 Å². The van der Waals surface area contributed by atoms with Crippen molar-refractivity contribution in [1.82, 2.24) is 54.7 Å². The highest BCUT2D eigenvalue weighted by Crippen LogP contribution is 2.25. The summed E-state index contributed by atoms with van der Waals surface area (Å²) in [5.41, 5.74) is 7.17. The molecule has 60 heavy (non-hydrogen) atoms. The van der Waals surface area contributed by atoms with Crippen LogP contribution in [0.2, 0.25) is 0 Å². The summed E-state index contributed by atoms with van der Waals surface area (Å²) in [7, 11) is 0. The Hall–Kier alpha value is -4.72. The van der Waals surface area contributed by atoms with Crippen molar-refractivity contribution in [2.75, 3.05) is 127 Å². The van der Waals surface area contributed by atoms with E-state index in [1.165, 1.54) is 4.68 Å². The van der Waals surface area contributed by atoms with Gasteiger partial charge in [0.15, 0.2) is 0 Å². The monoisotopic (exact) mass is 859 g/mol. The van der Waals surface area contributed by atoms with Gasteiger partial charge in [-0.05, 0) is 31.7 Å². The van der Waals surface area contributed by atoms with Crippen molar-refractivity contribution in [3.8, 4) is 12.3 Å².